The highest BCUT2D eigenvalue weighted by Gasteiger charge is 2.23. The number of carbonyl (C=O) groups is 1. The summed E-state index contributed by atoms with van der Waals surface area (Å²) in [7, 11) is 0. The Kier molecular flexibility index (Phi) is 3.61. The molecule has 5 nitrogen and oxygen atoms in total. The first-order chi connectivity index (χ1) is 11.7. The normalized spacial score (nSPS) is 13.6. The zero-order chi connectivity index (χ0) is 16.5. The molecule has 0 radical (unpaired) electrons. The van der Waals surface area contributed by atoms with Gasteiger partial charge in [-0.25, -0.2) is 4.68 Å². The second-order valence-electron chi connectivity index (χ2n) is 6.02. The third kappa shape index (κ3) is 2.48. The third-order valence-corrected chi connectivity index (χ3v) is 4.43. The summed E-state index contributed by atoms with van der Waals surface area (Å²) in [6.07, 6.45) is 3.74. The smallest absolute Gasteiger partial charge is 0.258 e. The van der Waals surface area contributed by atoms with Gasteiger partial charge in [0, 0.05) is 17.8 Å². The highest BCUT2D eigenvalue weighted by Crippen LogP contribution is 2.28. The number of hydrogen-bond acceptors (Lipinski definition) is 3. The van der Waals surface area contributed by atoms with Gasteiger partial charge in [0.1, 0.15) is 0 Å². The Morgan fingerprint density at radius 2 is 1.88 bits per heavy atom. The Labute approximate surface area is 140 Å². The number of carbonyl (C=O) groups excluding carboxylic acids is 1. The summed E-state index contributed by atoms with van der Waals surface area (Å²) >= 11 is 0. The molecule has 1 aromatic heterocycles. The van der Waals surface area contributed by atoms with E-state index in [0.717, 1.165) is 36.5 Å². The van der Waals surface area contributed by atoms with Crippen LogP contribution in [0.15, 0.2) is 54.7 Å². The summed E-state index contributed by atoms with van der Waals surface area (Å²) in [6.45, 7) is 2.71. The lowest BCUT2D eigenvalue weighted by Gasteiger charge is -2.29. The molecule has 0 saturated carbocycles. The Hall–Kier alpha value is -2.95. The molecule has 1 aliphatic heterocycles. The maximum atomic E-state index is 12.9. The van der Waals surface area contributed by atoms with Crippen molar-refractivity contribution in [2.45, 2.75) is 19.8 Å². The molecule has 3 aromatic rings. The predicted molar refractivity (Wildman–Crippen MR) is 92.5 cm³/mol. The largest absolute Gasteiger partial charge is 0.308 e. The van der Waals surface area contributed by atoms with Crippen LogP contribution < -0.4 is 4.90 Å². The number of rotatable bonds is 2. The second-order valence-corrected chi connectivity index (χ2v) is 6.02. The molecule has 24 heavy (non-hydrogen) atoms. The minimum absolute atomic E-state index is 0.0454. The van der Waals surface area contributed by atoms with E-state index in [4.69, 9.17) is 0 Å². The van der Waals surface area contributed by atoms with Crippen LogP contribution in [-0.2, 0) is 6.42 Å². The second kappa shape index (κ2) is 5.92. The van der Waals surface area contributed by atoms with Gasteiger partial charge in [-0.2, -0.15) is 0 Å². The Balaban J connectivity index is 1.63. The van der Waals surface area contributed by atoms with Crippen molar-refractivity contribution in [2.24, 2.45) is 0 Å². The minimum Gasteiger partial charge on any atom is -0.308 e. The fourth-order valence-electron chi connectivity index (χ4n) is 3.19. The summed E-state index contributed by atoms with van der Waals surface area (Å²) in [5.41, 5.74) is 4.82. The summed E-state index contributed by atoms with van der Waals surface area (Å²) in [4.78, 5) is 14.8. The van der Waals surface area contributed by atoms with Crippen molar-refractivity contribution >= 4 is 11.6 Å². The quantitative estimate of drug-likeness (QED) is 0.729. The van der Waals surface area contributed by atoms with Crippen molar-refractivity contribution in [3.63, 3.8) is 0 Å². The van der Waals surface area contributed by atoms with Crippen molar-refractivity contribution in [2.75, 3.05) is 11.4 Å². The summed E-state index contributed by atoms with van der Waals surface area (Å²) < 4.78 is 1.75. The number of anilines is 1. The number of fused-ring (bicyclic) bond motifs is 1. The monoisotopic (exact) mass is 318 g/mol. The average Bonchev–Trinajstić information content (AvgIpc) is 3.07. The van der Waals surface area contributed by atoms with Crippen LogP contribution in [-0.4, -0.2) is 27.4 Å². The van der Waals surface area contributed by atoms with E-state index in [1.54, 1.807) is 10.9 Å². The Morgan fingerprint density at radius 1 is 1.08 bits per heavy atom. The lowest BCUT2D eigenvalue weighted by Crippen LogP contribution is -2.35. The van der Waals surface area contributed by atoms with Gasteiger partial charge in [0.2, 0.25) is 0 Å². The number of nitrogens with zero attached hydrogens (tertiary/aromatic N) is 4. The molecule has 5 heteroatoms. The van der Waals surface area contributed by atoms with Gasteiger partial charge in [0.25, 0.3) is 5.91 Å². The van der Waals surface area contributed by atoms with Gasteiger partial charge >= 0.3 is 0 Å². The van der Waals surface area contributed by atoms with Crippen molar-refractivity contribution in [3.8, 4) is 5.69 Å². The molecule has 4 rings (SSSR count). The van der Waals surface area contributed by atoms with Crippen molar-refractivity contribution in [1.82, 2.24) is 15.0 Å². The molecule has 120 valence electrons. The highest BCUT2D eigenvalue weighted by atomic mass is 16.2. The molecule has 2 heterocycles. The molecular formula is C19H18N4O. The number of aromatic nitrogens is 3. The first-order valence-corrected chi connectivity index (χ1v) is 8.11. The number of hydrogen-bond donors (Lipinski definition) is 0. The fraction of sp³-hybridized carbons (Fsp3) is 0.211. The molecule has 0 fully saturated rings. The Bertz CT molecular complexity index is 882. The van der Waals surface area contributed by atoms with Crippen molar-refractivity contribution in [3.05, 3.63) is 71.5 Å². The minimum atomic E-state index is 0.0454. The van der Waals surface area contributed by atoms with Crippen LogP contribution in [0.25, 0.3) is 5.69 Å². The van der Waals surface area contributed by atoms with Crippen LogP contribution in [0.1, 0.15) is 28.0 Å². The average molecular weight is 318 g/mol. The zero-order valence-electron chi connectivity index (χ0n) is 13.5. The van der Waals surface area contributed by atoms with Gasteiger partial charge in [-0.15, -0.1) is 5.10 Å². The SMILES string of the molecule is Cc1cnnn1-c1ccc(C(=O)N2CCCc3ccccc32)cc1. The maximum absolute atomic E-state index is 12.9. The summed E-state index contributed by atoms with van der Waals surface area (Å²) in [5, 5.41) is 7.94. The standard InChI is InChI=1S/C19H18N4O/c1-14-13-20-21-23(14)17-10-8-16(9-11-17)19(24)22-12-4-6-15-5-2-3-7-18(15)22/h2-3,5,7-11,13H,4,6,12H2,1H3. The first-order valence-electron chi connectivity index (χ1n) is 8.11. The maximum Gasteiger partial charge on any atom is 0.258 e. The van der Waals surface area contributed by atoms with E-state index in [0.29, 0.717) is 5.56 Å². The van der Waals surface area contributed by atoms with Crippen LogP contribution in [0.4, 0.5) is 5.69 Å². The number of amides is 1. The van der Waals surface area contributed by atoms with Gasteiger partial charge in [-0.1, -0.05) is 23.4 Å². The lowest BCUT2D eigenvalue weighted by molar-refractivity contribution is 0.0985. The van der Waals surface area contributed by atoms with Gasteiger partial charge in [-0.3, -0.25) is 4.79 Å². The van der Waals surface area contributed by atoms with Crippen LogP contribution in [0, 0.1) is 6.92 Å². The van der Waals surface area contributed by atoms with Gasteiger partial charge in [-0.05, 0) is 55.7 Å². The molecule has 0 spiro atoms. The topological polar surface area (TPSA) is 51.0 Å². The van der Waals surface area contributed by atoms with Crippen LogP contribution in [0.3, 0.4) is 0 Å². The van der Waals surface area contributed by atoms with E-state index in [9.17, 15) is 4.79 Å². The van der Waals surface area contributed by atoms with Gasteiger partial charge in [0.15, 0.2) is 0 Å². The Morgan fingerprint density at radius 3 is 2.62 bits per heavy atom. The van der Waals surface area contributed by atoms with Crippen molar-refractivity contribution < 1.29 is 4.79 Å². The number of para-hydroxylation sites is 1. The van der Waals surface area contributed by atoms with Crippen LogP contribution >= 0.6 is 0 Å². The van der Waals surface area contributed by atoms with E-state index >= 15 is 0 Å². The number of aryl methyl sites for hydroxylation is 2. The molecular weight excluding hydrogens is 300 g/mol. The van der Waals surface area contributed by atoms with E-state index in [1.165, 1.54) is 5.56 Å². The van der Waals surface area contributed by atoms with E-state index in [1.807, 2.05) is 54.3 Å². The van der Waals surface area contributed by atoms with Crippen molar-refractivity contribution in [1.29, 1.82) is 0 Å². The molecule has 0 aliphatic carbocycles. The molecule has 1 aliphatic rings. The predicted octanol–water partition coefficient (Wildman–Crippen LogP) is 3.17. The molecule has 0 bridgehead atoms. The number of benzene rings is 2. The zero-order valence-corrected chi connectivity index (χ0v) is 13.5. The molecule has 2 aromatic carbocycles. The van der Waals surface area contributed by atoms with Gasteiger partial charge < -0.3 is 4.90 Å². The molecule has 0 atom stereocenters. The first kappa shape index (κ1) is 14.6. The van der Waals surface area contributed by atoms with E-state index in [2.05, 4.69) is 16.4 Å². The third-order valence-electron chi connectivity index (χ3n) is 4.43. The summed E-state index contributed by atoms with van der Waals surface area (Å²) in [5.74, 6) is 0.0454. The molecule has 0 saturated heterocycles. The molecule has 1 amide bonds. The van der Waals surface area contributed by atoms with Crippen LogP contribution in [0.2, 0.25) is 0 Å². The highest BCUT2D eigenvalue weighted by molar-refractivity contribution is 6.06. The molecule has 0 N–H and O–H groups in total. The van der Waals surface area contributed by atoms with Crippen LogP contribution in [0.5, 0.6) is 0 Å². The molecule has 0 unspecified atom stereocenters. The summed E-state index contributed by atoms with van der Waals surface area (Å²) in [6, 6.07) is 15.7. The van der Waals surface area contributed by atoms with E-state index in [-0.39, 0.29) is 5.91 Å². The van der Waals surface area contributed by atoms with Gasteiger partial charge in [0.05, 0.1) is 17.6 Å². The fourth-order valence-corrected chi connectivity index (χ4v) is 3.19. The van der Waals surface area contributed by atoms with E-state index < -0.39 is 0 Å². The lowest BCUT2D eigenvalue weighted by atomic mass is 10.0.